The number of aryl methyl sites for hydroxylation is 1. The number of ether oxygens (including phenoxy) is 2. The molecule has 8 heteroatoms. The fourth-order valence-corrected chi connectivity index (χ4v) is 5.01. The molecule has 2 aliphatic heterocycles. The number of amides is 1. The standard InChI is InChI=1S/C24H29N3O4S/c1-24(2,3)26(4)22(28)20-16-10-9-14-12-18(30-5)15(23(29)31-6)13-17(14)27(16)21(25-20)19-8-7-11-32-19/h7-8,11-13,16,21H,9-10H2,1-6H3. The van der Waals surface area contributed by atoms with Gasteiger partial charge in [0.25, 0.3) is 5.91 Å². The molecule has 170 valence electrons. The SMILES string of the molecule is COC(=O)c1cc2c(cc1OC)CCC1C(C(=O)N(C)C(C)(C)C)=NC(c3cccs3)N21. The number of esters is 1. The van der Waals surface area contributed by atoms with Crippen LogP contribution in [0.1, 0.15) is 54.2 Å². The van der Waals surface area contributed by atoms with Crippen LogP contribution in [0.3, 0.4) is 0 Å². The number of nitrogens with zero attached hydrogens (tertiary/aromatic N) is 3. The number of methoxy groups -OCH3 is 2. The lowest BCUT2D eigenvalue weighted by Crippen LogP contribution is -2.51. The summed E-state index contributed by atoms with van der Waals surface area (Å²) >= 11 is 1.61. The minimum atomic E-state index is -0.455. The number of benzene rings is 1. The molecular formula is C24H29N3O4S. The van der Waals surface area contributed by atoms with Gasteiger partial charge in [0.05, 0.1) is 20.3 Å². The van der Waals surface area contributed by atoms with E-state index in [-0.39, 0.29) is 23.7 Å². The normalized spacial score (nSPS) is 19.7. The highest BCUT2D eigenvalue weighted by molar-refractivity contribution is 7.10. The number of rotatable bonds is 4. The molecule has 2 atom stereocenters. The largest absolute Gasteiger partial charge is 0.496 e. The van der Waals surface area contributed by atoms with Crippen LogP contribution in [0.4, 0.5) is 5.69 Å². The van der Waals surface area contributed by atoms with Crippen molar-refractivity contribution in [3.05, 3.63) is 45.6 Å². The topological polar surface area (TPSA) is 71.4 Å². The number of aliphatic imine (C=N–C) groups is 1. The second-order valence-corrected chi connectivity index (χ2v) is 10.1. The maximum absolute atomic E-state index is 13.5. The number of fused-ring (bicyclic) bond motifs is 3. The molecule has 0 spiro atoms. The zero-order chi connectivity index (χ0) is 23.2. The molecule has 0 radical (unpaired) electrons. The second-order valence-electron chi connectivity index (χ2n) is 9.07. The summed E-state index contributed by atoms with van der Waals surface area (Å²) in [6, 6.07) is 7.60. The van der Waals surface area contributed by atoms with Crippen LogP contribution >= 0.6 is 11.3 Å². The molecule has 2 aliphatic rings. The smallest absolute Gasteiger partial charge is 0.341 e. The highest BCUT2D eigenvalue weighted by Crippen LogP contribution is 2.45. The molecule has 0 aliphatic carbocycles. The summed E-state index contributed by atoms with van der Waals surface area (Å²) < 4.78 is 10.5. The van der Waals surface area contributed by atoms with Crippen molar-refractivity contribution in [2.45, 2.75) is 51.4 Å². The van der Waals surface area contributed by atoms with Crippen LogP contribution in [0.2, 0.25) is 0 Å². The molecule has 1 aromatic carbocycles. The van der Waals surface area contributed by atoms with E-state index in [1.165, 1.54) is 7.11 Å². The lowest BCUT2D eigenvalue weighted by Gasteiger charge is -2.38. The Bertz CT molecular complexity index is 1070. The zero-order valence-corrected chi connectivity index (χ0v) is 20.2. The monoisotopic (exact) mass is 455 g/mol. The van der Waals surface area contributed by atoms with Crippen LogP contribution in [0.15, 0.2) is 34.6 Å². The highest BCUT2D eigenvalue weighted by atomic mass is 32.1. The van der Waals surface area contributed by atoms with Crippen LogP contribution < -0.4 is 9.64 Å². The van der Waals surface area contributed by atoms with Crippen molar-refractivity contribution in [1.82, 2.24) is 4.90 Å². The Balaban J connectivity index is 1.83. The lowest BCUT2D eigenvalue weighted by molar-refractivity contribution is -0.126. The van der Waals surface area contributed by atoms with Gasteiger partial charge in [-0.15, -0.1) is 11.3 Å². The summed E-state index contributed by atoms with van der Waals surface area (Å²) in [5, 5.41) is 2.01. The Labute approximate surface area is 192 Å². The number of anilines is 1. The summed E-state index contributed by atoms with van der Waals surface area (Å²) in [6.45, 7) is 6.04. The van der Waals surface area contributed by atoms with Gasteiger partial charge in [-0.05, 0) is 62.8 Å². The number of hydrogen-bond donors (Lipinski definition) is 0. The van der Waals surface area contributed by atoms with Crippen LogP contribution in [0, 0.1) is 0 Å². The molecule has 1 amide bonds. The van der Waals surface area contributed by atoms with Gasteiger partial charge in [-0.2, -0.15) is 0 Å². The molecule has 2 unspecified atom stereocenters. The fourth-order valence-electron chi connectivity index (χ4n) is 4.25. The zero-order valence-electron chi connectivity index (χ0n) is 19.3. The van der Waals surface area contributed by atoms with E-state index < -0.39 is 5.97 Å². The predicted octanol–water partition coefficient (Wildman–Crippen LogP) is 4.07. The van der Waals surface area contributed by atoms with Crippen molar-refractivity contribution in [3.8, 4) is 5.75 Å². The summed E-state index contributed by atoms with van der Waals surface area (Å²) in [7, 11) is 4.73. The van der Waals surface area contributed by atoms with E-state index in [0.29, 0.717) is 17.0 Å². The number of carbonyl (C=O) groups excluding carboxylic acids is 2. The molecule has 7 nitrogen and oxygen atoms in total. The Kier molecular flexibility index (Phi) is 5.75. The molecule has 3 heterocycles. The molecule has 0 bridgehead atoms. The van der Waals surface area contributed by atoms with Crippen molar-refractivity contribution in [2.75, 3.05) is 26.2 Å². The van der Waals surface area contributed by atoms with E-state index in [1.807, 2.05) is 57.5 Å². The minimum absolute atomic E-state index is 0.0586. The maximum atomic E-state index is 13.5. The van der Waals surface area contributed by atoms with Gasteiger partial charge in [0.2, 0.25) is 0 Å². The van der Waals surface area contributed by atoms with Gasteiger partial charge >= 0.3 is 5.97 Å². The van der Waals surface area contributed by atoms with Crippen LogP contribution in [-0.2, 0) is 16.0 Å². The maximum Gasteiger partial charge on any atom is 0.341 e. The summed E-state index contributed by atoms with van der Waals surface area (Å²) in [4.78, 5) is 35.9. The summed E-state index contributed by atoms with van der Waals surface area (Å²) in [5.74, 6) is -0.0226. The first-order chi connectivity index (χ1) is 15.2. The van der Waals surface area contributed by atoms with Gasteiger partial charge in [0.15, 0.2) is 6.17 Å². The Morgan fingerprint density at radius 3 is 2.59 bits per heavy atom. The lowest BCUT2D eigenvalue weighted by atomic mass is 9.91. The molecule has 2 aromatic rings. The molecule has 0 saturated carbocycles. The number of carbonyl (C=O) groups is 2. The van der Waals surface area contributed by atoms with Gasteiger partial charge in [0, 0.05) is 23.2 Å². The molecular weight excluding hydrogens is 426 g/mol. The minimum Gasteiger partial charge on any atom is -0.496 e. The quantitative estimate of drug-likeness (QED) is 0.650. The molecule has 1 aromatic heterocycles. The highest BCUT2D eigenvalue weighted by Gasteiger charge is 2.45. The van der Waals surface area contributed by atoms with Gasteiger partial charge in [-0.25, -0.2) is 4.79 Å². The fraction of sp³-hybridized carbons (Fsp3) is 0.458. The Hall–Kier alpha value is -2.87. The first-order valence-electron chi connectivity index (χ1n) is 10.6. The van der Waals surface area contributed by atoms with Crippen molar-refractivity contribution < 1.29 is 19.1 Å². The van der Waals surface area contributed by atoms with Crippen LogP contribution in [0.25, 0.3) is 0 Å². The van der Waals surface area contributed by atoms with Crippen LogP contribution in [-0.4, -0.2) is 55.3 Å². The third kappa shape index (κ3) is 3.66. The van der Waals surface area contributed by atoms with Gasteiger partial charge < -0.3 is 19.3 Å². The van der Waals surface area contributed by atoms with Crippen molar-refractivity contribution in [3.63, 3.8) is 0 Å². The van der Waals surface area contributed by atoms with Crippen molar-refractivity contribution in [2.24, 2.45) is 4.99 Å². The average Bonchev–Trinajstić information content (AvgIpc) is 3.43. The van der Waals surface area contributed by atoms with Crippen LogP contribution in [0.5, 0.6) is 5.75 Å². The van der Waals surface area contributed by atoms with E-state index >= 15 is 0 Å². The first-order valence-corrected chi connectivity index (χ1v) is 11.5. The Morgan fingerprint density at radius 2 is 2.00 bits per heavy atom. The van der Waals surface area contributed by atoms with E-state index in [0.717, 1.165) is 29.0 Å². The third-order valence-electron chi connectivity index (χ3n) is 6.28. The second kappa shape index (κ2) is 8.24. The van der Waals surface area contributed by atoms with E-state index in [4.69, 9.17) is 14.5 Å². The van der Waals surface area contributed by atoms with Gasteiger partial charge in [-0.3, -0.25) is 9.79 Å². The van der Waals surface area contributed by atoms with E-state index in [1.54, 1.807) is 23.3 Å². The van der Waals surface area contributed by atoms with Crippen molar-refractivity contribution in [1.29, 1.82) is 0 Å². The first kappa shape index (κ1) is 22.3. The Morgan fingerprint density at radius 1 is 1.25 bits per heavy atom. The molecule has 4 rings (SSSR count). The molecule has 0 N–H and O–H groups in total. The van der Waals surface area contributed by atoms with E-state index in [2.05, 4.69) is 4.90 Å². The number of thiophene rings is 1. The average molecular weight is 456 g/mol. The molecule has 0 saturated heterocycles. The summed E-state index contributed by atoms with van der Waals surface area (Å²) in [6.07, 6.45) is 1.21. The van der Waals surface area contributed by atoms with Gasteiger partial charge in [-0.1, -0.05) is 6.07 Å². The molecule has 0 fully saturated rings. The third-order valence-corrected chi connectivity index (χ3v) is 7.19. The predicted molar refractivity (Wildman–Crippen MR) is 126 cm³/mol. The molecule has 32 heavy (non-hydrogen) atoms. The van der Waals surface area contributed by atoms with Crippen molar-refractivity contribution >= 4 is 34.6 Å². The number of hydrogen-bond acceptors (Lipinski definition) is 7. The van der Waals surface area contributed by atoms with E-state index in [9.17, 15) is 9.59 Å². The van der Waals surface area contributed by atoms with Gasteiger partial charge in [0.1, 0.15) is 17.0 Å². The summed E-state index contributed by atoms with van der Waals surface area (Å²) in [5.41, 5.74) is 2.59.